The molecule has 0 saturated heterocycles. The summed E-state index contributed by atoms with van der Waals surface area (Å²) in [6.45, 7) is 2.79. The molecule has 1 aromatic carbocycles. The van der Waals surface area contributed by atoms with Crippen LogP contribution in [0.2, 0.25) is 0 Å². The van der Waals surface area contributed by atoms with E-state index < -0.39 is 0 Å². The number of rotatable bonds is 5. The van der Waals surface area contributed by atoms with Crippen LogP contribution in [0.3, 0.4) is 0 Å². The Hall–Kier alpha value is -2.95. The number of amides is 2. The van der Waals surface area contributed by atoms with Crippen molar-refractivity contribution in [1.82, 2.24) is 5.32 Å². The quantitative estimate of drug-likeness (QED) is 0.786. The number of hydrogen-bond acceptors (Lipinski definition) is 3. The van der Waals surface area contributed by atoms with Crippen LogP contribution >= 0.6 is 0 Å². The number of unbranched alkanes of at least 4 members (excludes halogenated alkanes) is 1. The van der Waals surface area contributed by atoms with E-state index in [2.05, 4.69) is 17.2 Å². The maximum absolute atomic E-state index is 12.5. The van der Waals surface area contributed by atoms with E-state index >= 15 is 0 Å². The fourth-order valence-corrected chi connectivity index (χ4v) is 3.87. The summed E-state index contributed by atoms with van der Waals surface area (Å²) in [4.78, 5) is 29.0. The number of benzene rings is 1. The summed E-state index contributed by atoms with van der Waals surface area (Å²) in [7, 11) is 0. The largest absolute Gasteiger partial charge is 0.494 e. The molecule has 5 nitrogen and oxygen atoms in total. The molecule has 5 heteroatoms. The van der Waals surface area contributed by atoms with Crippen molar-refractivity contribution in [1.29, 1.82) is 0 Å². The first-order valence-electron chi connectivity index (χ1n) is 9.94. The first kappa shape index (κ1) is 18.4. The molecular weight excluding hydrogens is 352 g/mol. The number of fused-ring (bicyclic) bond motifs is 2. The molecule has 1 heterocycles. The molecule has 4 rings (SSSR count). The van der Waals surface area contributed by atoms with E-state index in [1.54, 1.807) is 24.3 Å². The third-order valence-corrected chi connectivity index (χ3v) is 5.36. The van der Waals surface area contributed by atoms with Crippen molar-refractivity contribution in [2.75, 3.05) is 6.61 Å². The Morgan fingerprint density at radius 1 is 1.25 bits per heavy atom. The normalized spacial score (nSPS) is 21.9. The molecule has 2 amide bonds. The van der Waals surface area contributed by atoms with Crippen LogP contribution in [0, 0.1) is 5.92 Å². The average molecular weight is 376 g/mol. The highest BCUT2D eigenvalue weighted by Gasteiger charge is 2.34. The predicted octanol–water partition coefficient (Wildman–Crippen LogP) is 4.13. The van der Waals surface area contributed by atoms with E-state index in [0.717, 1.165) is 49.1 Å². The molecule has 0 fully saturated rings. The van der Waals surface area contributed by atoms with Crippen LogP contribution in [-0.2, 0) is 4.79 Å². The molecule has 28 heavy (non-hydrogen) atoms. The molecule has 1 atom stereocenters. The lowest BCUT2D eigenvalue weighted by Gasteiger charge is -2.28. The van der Waals surface area contributed by atoms with Crippen LogP contribution in [0.15, 0.2) is 64.3 Å². The number of carbonyl (C=O) groups excluding carboxylic acids is 2. The van der Waals surface area contributed by atoms with Gasteiger partial charge in [0.25, 0.3) is 11.8 Å². The molecule has 0 saturated carbocycles. The molecule has 0 radical (unpaired) electrons. The van der Waals surface area contributed by atoms with Crippen molar-refractivity contribution in [2.45, 2.75) is 39.0 Å². The highest BCUT2D eigenvalue weighted by atomic mass is 16.5. The molecule has 0 bridgehead atoms. The molecule has 1 N–H and O–H groups in total. The van der Waals surface area contributed by atoms with Gasteiger partial charge in [-0.05, 0) is 67.7 Å². The Balaban J connectivity index is 1.47. The topological polar surface area (TPSA) is 67.8 Å². The summed E-state index contributed by atoms with van der Waals surface area (Å²) in [6.07, 6.45) is 10.7. The van der Waals surface area contributed by atoms with E-state index in [1.807, 2.05) is 18.2 Å². The van der Waals surface area contributed by atoms with Gasteiger partial charge in [0.15, 0.2) is 0 Å². The van der Waals surface area contributed by atoms with Gasteiger partial charge in [0, 0.05) is 22.8 Å². The highest BCUT2D eigenvalue weighted by Crippen LogP contribution is 2.39. The number of aliphatic imine (C=N–C) groups is 1. The first-order chi connectivity index (χ1) is 13.7. The number of nitrogens with zero attached hydrogens (tertiary/aromatic N) is 1. The zero-order valence-corrected chi connectivity index (χ0v) is 16.0. The molecule has 1 aliphatic heterocycles. The van der Waals surface area contributed by atoms with Crippen molar-refractivity contribution in [3.05, 3.63) is 64.9 Å². The zero-order chi connectivity index (χ0) is 19.5. The molecule has 3 aliphatic rings. The summed E-state index contributed by atoms with van der Waals surface area (Å²) >= 11 is 0. The lowest BCUT2D eigenvalue weighted by Crippen LogP contribution is -2.35. The molecule has 2 aliphatic carbocycles. The molecule has 144 valence electrons. The Morgan fingerprint density at radius 2 is 2.07 bits per heavy atom. The highest BCUT2D eigenvalue weighted by molar-refractivity contribution is 6.14. The second-order valence-corrected chi connectivity index (χ2v) is 7.32. The van der Waals surface area contributed by atoms with Gasteiger partial charge in [-0.3, -0.25) is 9.59 Å². The Kier molecular flexibility index (Phi) is 5.24. The van der Waals surface area contributed by atoms with E-state index in [0.29, 0.717) is 17.9 Å². The van der Waals surface area contributed by atoms with Gasteiger partial charge in [0.05, 0.1) is 12.3 Å². The molecule has 0 spiro atoms. The van der Waals surface area contributed by atoms with Crippen molar-refractivity contribution in [3.8, 4) is 5.75 Å². The summed E-state index contributed by atoms with van der Waals surface area (Å²) in [5.41, 5.74) is 4.04. The Morgan fingerprint density at radius 3 is 2.86 bits per heavy atom. The first-order valence-corrected chi connectivity index (χ1v) is 9.94. The van der Waals surface area contributed by atoms with Crippen molar-refractivity contribution >= 4 is 17.5 Å². The van der Waals surface area contributed by atoms with Gasteiger partial charge in [-0.25, -0.2) is 4.99 Å². The van der Waals surface area contributed by atoms with Gasteiger partial charge in [-0.1, -0.05) is 19.4 Å². The summed E-state index contributed by atoms with van der Waals surface area (Å²) in [6, 6.07) is 7.05. The van der Waals surface area contributed by atoms with Gasteiger partial charge in [0.2, 0.25) is 0 Å². The number of nitrogens with one attached hydrogen (secondary N) is 1. The monoisotopic (exact) mass is 376 g/mol. The van der Waals surface area contributed by atoms with Crippen molar-refractivity contribution in [3.63, 3.8) is 0 Å². The lowest BCUT2D eigenvalue weighted by molar-refractivity contribution is -0.117. The second kappa shape index (κ2) is 7.97. The minimum absolute atomic E-state index is 0.00496. The fourth-order valence-electron chi connectivity index (χ4n) is 3.87. The SMILES string of the molecule is CCCCOc1ccc(C(=O)N=C2C=CC3C(=C2)NC(=O)C2=C3CCC2)cc1. The molecule has 0 aromatic heterocycles. The third kappa shape index (κ3) is 3.70. The van der Waals surface area contributed by atoms with Gasteiger partial charge in [-0.2, -0.15) is 0 Å². The number of hydrogen-bond donors (Lipinski definition) is 1. The minimum Gasteiger partial charge on any atom is -0.494 e. The number of carbonyl (C=O) groups is 2. The minimum atomic E-state index is -0.307. The standard InChI is InChI=1S/C23H24N2O3/c1-2-3-13-28-17-10-7-15(8-11-17)22(26)24-16-9-12-19-18-5-4-6-20(18)23(27)25-21(19)14-16/h7-12,14,19H,2-6,13H2,1H3,(H,25,27). The van der Waals surface area contributed by atoms with Gasteiger partial charge < -0.3 is 10.1 Å². The van der Waals surface area contributed by atoms with Crippen LogP contribution in [0.25, 0.3) is 0 Å². The maximum Gasteiger partial charge on any atom is 0.277 e. The molecule has 1 unspecified atom stereocenters. The van der Waals surface area contributed by atoms with Gasteiger partial charge >= 0.3 is 0 Å². The molecule has 1 aromatic rings. The van der Waals surface area contributed by atoms with Crippen molar-refractivity contribution in [2.24, 2.45) is 10.9 Å². The van der Waals surface area contributed by atoms with Crippen molar-refractivity contribution < 1.29 is 14.3 Å². The Bertz CT molecular complexity index is 920. The van der Waals surface area contributed by atoms with Crippen LogP contribution in [0.1, 0.15) is 49.4 Å². The smallest absolute Gasteiger partial charge is 0.277 e. The summed E-state index contributed by atoms with van der Waals surface area (Å²) in [5.74, 6) is 0.558. The molecular formula is C23H24N2O3. The van der Waals surface area contributed by atoms with Gasteiger partial charge in [-0.15, -0.1) is 0 Å². The van der Waals surface area contributed by atoms with E-state index in [9.17, 15) is 9.59 Å². The zero-order valence-electron chi connectivity index (χ0n) is 16.0. The van der Waals surface area contributed by atoms with Crippen LogP contribution in [0.4, 0.5) is 0 Å². The Labute approximate surface area is 164 Å². The maximum atomic E-state index is 12.5. The predicted molar refractivity (Wildman–Crippen MR) is 108 cm³/mol. The number of ether oxygens (including phenoxy) is 1. The van der Waals surface area contributed by atoms with Crippen LogP contribution in [-0.4, -0.2) is 24.1 Å². The van der Waals surface area contributed by atoms with Gasteiger partial charge in [0.1, 0.15) is 5.75 Å². The van der Waals surface area contributed by atoms with Crippen LogP contribution in [0.5, 0.6) is 5.75 Å². The van der Waals surface area contributed by atoms with Crippen LogP contribution < -0.4 is 10.1 Å². The summed E-state index contributed by atoms with van der Waals surface area (Å²) < 4.78 is 5.62. The third-order valence-electron chi connectivity index (χ3n) is 5.36. The number of allylic oxidation sites excluding steroid dienone is 3. The summed E-state index contributed by atoms with van der Waals surface area (Å²) in [5, 5.41) is 2.97. The lowest BCUT2D eigenvalue weighted by atomic mass is 9.85. The van der Waals surface area contributed by atoms with E-state index in [-0.39, 0.29) is 17.7 Å². The fraction of sp³-hybridized carbons (Fsp3) is 0.348. The van der Waals surface area contributed by atoms with E-state index in [4.69, 9.17) is 4.74 Å². The average Bonchev–Trinajstić information content (AvgIpc) is 3.19. The van der Waals surface area contributed by atoms with E-state index in [1.165, 1.54) is 5.57 Å². The second-order valence-electron chi connectivity index (χ2n) is 7.32.